The molecule has 0 aromatic heterocycles. The summed E-state index contributed by atoms with van der Waals surface area (Å²) in [6.07, 6.45) is 8.54. The molecule has 2 saturated carbocycles. The Kier molecular flexibility index (Phi) is 4.04. The summed E-state index contributed by atoms with van der Waals surface area (Å²) in [5.74, 6) is 1.03. The van der Waals surface area contributed by atoms with Gasteiger partial charge in [-0.05, 0) is 43.4 Å². The van der Waals surface area contributed by atoms with Crippen molar-refractivity contribution in [3.05, 3.63) is 0 Å². The van der Waals surface area contributed by atoms with E-state index in [9.17, 15) is 4.79 Å². The van der Waals surface area contributed by atoms with E-state index in [4.69, 9.17) is 4.74 Å². The van der Waals surface area contributed by atoms with E-state index < -0.39 is 0 Å². The lowest BCUT2D eigenvalue weighted by Crippen LogP contribution is -2.46. The average Bonchev–Trinajstić information content (AvgIpc) is 2.93. The molecule has 3 fully saturated rings. The fourth-order valence-corrected chi connectivity index (χ4v) is 4.04. The van der Waals surface area contributed by atoms with Gasteiger partial charge in [0.1, 0.15) is 0 Å². The summed E-state index contributed by atoms with van der Waals surface area (Å²) in [5.41, 5.74) is -0.0603. The van der Waals surface area contributed by atoms with E-state index in [1.807, 2.05) is 0 Å². The predicted molar refractivity (Wildman–Crippen MR) is 82.8 cm³/mol. The Labute approximate surface area is 128 Å². The first-order chi connectivity index (χ1) is 9.97. The summed E-state index contributed by atoms with van der Waals surface area (Å²) in [6.45, 7) is 6.12. The quantitative estimate of drug-likeness (QED) is 0.818. The van der Waals surface area contributed by atoms with Crippen LogP contribution < -0.4 is 5.32 Å². The van der Waals surface area contributed by atoms with Gasteiger partial charge in [-0.15, -0.1) is 0 Å². The fraction of sp³-hybridized carbons (Fsp3) is 0.941. The summed E-state index contributed by atoms with van der Waals surface area (Å²) in [6, 6.07) is 0. The van der Waals surface area contributed by atoms with Crippen LogP contribution in [0.3, 0.4) is 0 Å². The Bertz CT molecular complexity index is 398. The lowest BCUT2D eigenvalue weighted by atomic mass is 9.88. The minimum Gasteiger partial charge on any atom is -0.385 e. The molecule has 4 heteroatoms. The number of rotatable bonds is 6. The van der Waals surface area contributed by atoms with Gasteiger partial charge in [0.05, 0.1) is 11.7 Å². The Morgan fingerprint density at radius 3 is 2.57 bits per heavy atom. The number of ether oxygens (including phenoxy) is 1. The second kappa shape index (κ2) is 5.54. The highest BCUT2D eigenvalue weighted by Crippen LogP contribution is 2.46. The van der Waals surface area contributed by atoms with Crippen LogP contribution in [0.4, 0.5) is 0 Å². The number of methoxy groups -OCH3 is 1. The molecule has 1 N–H and O–H groups in total. The number of nitrogens with zero attached hydrogens (tertiary/aromatic N) is 1. The Balaban J connectivity index is 1.71. The van der Waals surface area contributed by atoms with E-state index in [1.54, 1.807) is 7.11 Å². The summed E-state index contributed by atoms with van der Waals surface area (Å²) < 4.78 is 5.23. The molecule has 1 atom stereocenters. The molecule has 0 aromatic carbocycles. The van der Waals surface area contributed by atoms with E-state index in [2.05, 4.69) is 24.1 Å². The third-order valence-electron chi connectivity index (χ3n) is 5.61. The van der Waals surface area contributed by atoms with Crippen LogP contribution in [0.5, 0.6) is 0 Å². The molecule has 3 aliphatic rings. The first-order valence-electron chi connectivity index (χ1n) is 8.55. The molecule has 1 spiro atoms. The standard InChI is InChI=1S/C17H30N2O2/c1-16(2,10-11-21-3)12-19-14(13-6-4-5-7-13)18-17(8-9-17)15(19)20/h13-14,18H,4-12H2,1-3H3. The van der Waals surface area contributed by atoms with Crippen molar-refractivity contribution in [3.63, 3.8) is 0 Å². The minimum absolute atomic E-state index is 0.116. The van der Waals surface area contributed by atoms with Gasteiger partial charge in [-0.3, -0.25) is 10.1 Å². The van der Waals surface area contributed by atoms with Gasteiger partial charge in [-0.25, -0.2) is 0 Å². The zero-order valence-corrected chi connectivity index (χ0v) is 13.8. The monoisotopic (exact) mass is 294 g/mol. The highest BCUT2D eigenvalue weighted by molar-refractivity contribution is 5.91. The molecule has 120 valence electrons. The van der Waals surface area contributed by atoms with Gasteiger partial charge >= 0.3 is 0 Å². The summed E-state index contributed by atoms with van der Waals surface area (Å²) in [7, 11) is 1.75. The third kappa shape index (κ3) is 2.98. The SMILES string of the molecule is COCCC(C)(C)CN1C(=O)C2(CC2)NC1C1CCCC1. The van der Waals surface area contributed by atoms with Gasteiger partial charge in [0.15, 0.2) is 0 Å². The molecule has 1 amide bonds. The molecular formula is C17H30N2O2. The molecule has 1 heterocycles. The van der Waals surface area contributed by atoms with Crippen LogP contribution in [0.1, 0.15) is 58.8 Å². The third-order valence-corrected chi connectivity index (χ3v) is 5.61. The van der Waals surface area contributed by atoms with Crippen molar-refractivity contribution in [2.24, 2.45) is 11.3 Å². The largest absolute Gasteiger partial charge is 0.385 e. The topological polar surface area (TPSA) is 41.6 Å². The second-order valence-electron chi connectivity index (χ2n) is 8.06. The number of nitrogens with one attached hydrogen (secondary N) is 1. The number of hydrogen-bond acceptors (Lipinski definition) is 3. The van der Waals surface area contributed by atoms with Crippen molar-refractivity contribution in [2.45, 2.75) is 70.5 Å². The normalized spacial score (nSPS) is 28.8. The predicted octanol–water partition coefficient (Wildman–Crippen LogP) is 2.53. The van der Waals surface area contributed by atoms with Gasteiger partial charge in [-0.2, -0.15) is 0 Å². The summed E-state index contributed by atoms with van der Waals surface area (Å²) >= 11 is 0. The molecule has 1 saturated heterocycles. The molecule has 0 bridgehead atoms. The van der Waals surface area contributed by atoms with Crippen molar-refractivity contribution in [2.75, 3.05) is 20.3 Å². The molecule has 0 aromatic rings. The average molecular weight is 294 g/mol. The van der Waals surface area contributed by atoms with Crippen molar-refractivity contribution in [3.8, 4) is 0 Å². The molecule has 1 aliphatic heterocycles. The van der Waals surface area contributed by atoms with Crippen molar-refractivity contribution in [1.82, 2.24) is 10.2 Å². The molecule has 0 radical (unpaired) electrons. The first-order valence-corrected chi connectivity index (χ1v) is 8.55. The van der Waals surface area contributed by atoms with E-state index in [0.717, 1.165) is 32.4 Å². The van der Waals surface area contributed by atoms with Crippen molar-refractivity contribution in [1.29, 1.82) is 0 Å². The van der Waals surface area contributed by atoms with Gasteiger partial charge in [0, 0.05) is 20.3 Å². The highest BCUT2D eigenvalue weighted by atomic mass is 16.5. The maximum absolute atomic E-state index is 12.8. The number of carbonyl (C=O) groups is 1. The van der Waals surface area contributed by atoms with Gasteiger partial charge < -0.3 is 9.64 Å². The Morgan fingerprint density at radius 1 is 1.33 bits per heavy atom. The molecule has 2 aliphatic carbocycles. The molecule has 21 heavy (non-hydrogen) atoms. The number of carbonyl (C=O) groups excluding carboxylic acids is 1. The lowest BCUT2D eigenvalue weighted by Gasteiger charge is -2.35. The van der Waals surface area contributed by atoms with Gasteiger partial charge in [0.25, 0.3) is 0 Å². The second-order valence-corrected chi connectivity index (χ2v) is 8.06. The van der Waals surface area contributed by atoms with Crippen LogP contribution in [0.15, 0.2) is 0 Å². The fourth-order valence-electron chi connectivity index (χ4n) is 4.04. The zero-order valence-electron chi connectivity index (χ0n) is 13.8. The maximum Gasteiger partial charge on any atom is 0.244 e. The Hall–Kier alpha value is -0.610. The first kappa shape index (κ1) is 15.3. The number of amides is 1. The van der Waals surface area contributed by atoms with E-state index in [1.165, 1.54) is 25.7 Å². The molecular weight excluding hydrogens is 264 g/mol. The number of hydrogen-bond donors (Lipinski definition) is 1. The molecule has 1 unspecified atom stereocenters. The summed E-state index contributed by atoms with van der Waals surface area (Å²) in [4.78, 5) is 15.0. The Morgan fingerprint density at radius 2 is 2.00 bits per heavy atom. The summed E-state index contributed by atoms with van der Waals surface area (Å²) in [5, 5.41) is 3.71. The van der Waals surface area contributed by atoms with Crippen LogP contribution in [-0.4, -0.2) is 42.8 Å². The zero-order chi connectivity index (χ0) is 15.1. The van der Waals surface area contributed by atoms with Gasteiger partial charge in [-0.1, -0.05) is 26.7 Å². The van der Waals surface area contributed by atoms with Crippen LogP contribution >= 0.6 is 0 Å². The molecule has 4 nitrogen and oxygen atoms in total. The van der Waals surface area contributed by atoms with Crippen molar-refractivity contribution >= 4 is 5.91 Å². The maximum atomic E-state index is 12.8. The van der Waals surface area contributed by atoms with Crippen LogP contribution in [0.2, 0.25) is 0 Å². The van der Waals surface area contributed by atoms with E-state index >= 15 is 0 Å². The van der Waals surface area contributed by atoms with E-state index in [0.29, 0.717) is 11.8 Å². The smallest absolute Gasteiger partial charge is 0.244 e. The minimum atomic E-state index is -0.176. The lowest BCUT2D eigenvalue weighted by molar-refractivity contribution is -0.133. The van der Waals surface area contributed by atoms with Crippen LogP contribution in [-0.2, 0) is 9.53 Å². The van der Waals surface area contributed by atoms with Gasteiger partial charge in [0.2, 0.25) is 5.91 Å². The van der Waals surface area contributed by atoms with E-state index in [-0.39, 0.29) is 17.1 Å². The van der Waals surface area contributed by atoms with Crippen LogP contribution in [0, 0.1) is 11.3 Å². The molecule has 3 rings (SSSR count). The highest BCUT2D eigenvalue weighted by Gasteiger charge is 2.60. The van der Waals surface area contributed by atoms with Crippen molar-refractivity contribution < 1.29 is 9.53 Å². The van der Waals surface area contributed by atoms with Crippen LogP contribution in [0.25, 0.3) is 0 Å².